The first-order valence-corrected chi connectivity index (χ1v) is 11.7. The van der Waals surface area contributed by atoms with E-state index in [2.05, 4.69) is 24.1 Å². The number of phenols is 1. The van der Waals surface area contributed by atoms with Crippen molar-refractivity contribution in [2.45, 2.75) is 32.2 Å². The SMILES string of the molecule is COc1ccc(CN(C)CCCCCCOc2cc(O)c3c(=O)c4ccccc4oc3c2)cc1. The standard InChI is InChI=1S/C28H31NO5/c1-29(19-20-11-13-21(32-2)14-12-20)15-7-3-4-8-16-33-22-17-24(30)27-26(18-22)34-25-10-6-5-9-23(25)28(27)31/h5-6,9-14,17-18,30H,3-4,7-8,15-16,19H2,1-2H3. The first-order chi connectivity index (χ1) is 16.5. The molecule has 4 rings (SSSR count). The molecule has 3 aromatic carbocycles. The Bertz CT molecular complexity index is 1300. The number of methoxy groups -OCH3 is 1. The summed E-state index contributed by atoms with van der Waals surface area (Å²) in [7, 11) is 3.82. The van der Waals surface area contributed by atoms with Gasteiger partial charge in [0.2, 0.25) is 5.43 Å². The summed E-state index contributed by atoms with van der Waals surface area (Å²) in [6, 6.07) is 18.4. The number of aromatic hydroxyl groups is 1. The minimum atomic E-state index is -0.238. The number of fused-ring (bicyclic) bond motifs is 2. The molecule has 0 aliphatic heterocycles. The Balaban J connectivity index is 1.21. The van der Waals surface area contributed by atoms with Gasteiger partial charge in [0.05, 0.1) is 19.1 Å². The zero-order chi connectivity index (χ0) is 23.9. The van der Waals surface area contributed by atoms with Crippen LogP contribution in [0.15, 0.2) is 69.9 Å². The molecule has 178 valence electrons. The number of phenolic OH excluding ortho intramolecular Hbond substituents is 1. The van der Waals surface area contributed by atoms with Crippen LogP contribution < -0.4 is 14.9 Å². The van der Waals surface area contributed by atoms with Gasteiger partial charge in [-0.3, -0.25) is 4.79 Å². The summed E-state index contributed by atoms with van der Waals surface area (Å²) in [5.41, 5.74) is 1.86. The van der Waals surface area contributed by atoms with Gasteiger partial charge in [-0.25, -0.2) is 0 Å². The molecule has 34 heavy (non-hydrogen) atoms. The molecule has 0 saturated heterocycles. The maximum absolute atomic E-state index is 12.7. The minimum absolute atomic E-state index is 0.119. The van der Waals surface area contributed by atoms with E-state index in [1.54, 1.807) is 31.4 Å². The van der Waals surface area contributed by atoms with Crippen LogP contribution in [0.1, 0.15) is 31.2 Å². The molecule has 0 aliphatic carbocycles. The summed E-state index contributed by atoms with van der Waals surface area (Å²) in [5.74, 6) is 1.26. The van der Waals surface area contributed by atoms with Crippen molar-refractivity contribution >= 4 is 21.9 Å². The maximum Gasteiger partial charge on any atom is 0.204 e. The lowest BCUT2D eigenvalue weighted by Crippen LogP contribution is -2.19. The third-order valence-electron chi connectivity index (χ3n) is 5.95. The monoisotopic (exact) mass is 461 g/mol. The van der Waals surface area contributed by atoms with Crippen LogP contribution in [0.2, 0.25) is 0 Å². The van der Waals surface area contributed by atoms with Crippen LogP contribution in [-0.2, 0) is 6.54 Å². The van der Waals surface area contributed by atoms with Crippen LogP contribution in [0.3, 0.4) is 0 Å². The Morgan fingerprint density at radius 3 is 2.47 bits per heavy atom. The number of para-hydroxylation sites is 1. The Morgan fingerprint density at radius 2 is 1.68 bits per heavy atom. The molecule has 0 saturated carbocycles. The van der Waals surface area contributed by atoms with Crippen molar-refractivity contribution in [2.24, 2.45) is 0 Å². The van der Waals surface area contributed by atoms with E-state index in [0.29, 0.717) is 28.9 Å². The number of ether oxygens (including phenoxy) is 2. The van der Waals surface area contributed by atoms with Crippen LogP contribution >= 0.6 is 0 Å². The van der Waals surface area contributed by atoms with Gasteiger partial charge in [0.25, 0.3) is 0 Å². The molecule has 1 N–H and O–H groups in total. The third kappa shape index (κ3) is 5.69. The topological polar surface area (TPSA) is 72.1 Å². The Morgan fingerprint density at radius 1 is 0.912 bits per heavy atom. The van der Waals surface area contributed by atoms with Gasteiger partial charge >= 0.3 is 0 Å². The second-order valence-electron chi connectivity index (χ2n) is 8.59. The number of rotatable bonds is 11. The second-order valence-corrected chi connectivity index (χ2v) is 8.59. The van der Waals surface area contributed by atoms with Gasteiger partial charge in [-0.1, -0.05) is 37.1 Å². The largest absolute Gasteiger partial charge is 0.507 e. The fourth-order valence-corrected chi connectivity index (χ4v) is 4.11. The molecule has 0 spiro atoms. The van der Waals surface area contributed by atoms with Gasteiger partial charge in [-0.05, 0) is 56.3 Å². The number of unbranched alkanes of at least 4 members (excludes halogenated alkanes) is 3. The van der Waals surface area contributed by atoms with Gasteiger partial charge in [-0.15, -0.1) is 0 Å². The fourth-order valence-electron chi connectivity index (χ4n) is 4.11. The van der Waals surface area contributed by atoms with Gasteiger partial charge in [0.1, 0.15) is 33.8 Å². The fraction of sp³-hybridized carbons (Fsp3) is 0.321. The molecule has 1 aromatic heterocycles. The lowest BCUT2D eigenvalue weighted by Gasteiger charge is -2.16. The predicted octanol–water partition coefficient (Wildman–Crippen LogP) is 5.73. The van der Waals surface area contributed by atoms with Crippen molar-refractivity contribution in [3.8, 4) is 17.2 Å². The van der Waals surface area contributed by atoms with Crippen LogP contribution in [0.25, 0.3) is 21.9 Å². The molecule has 6 nitrogen and oxygen atoms in total. The number of hydrogen-bond acceptors (Lipinski definition) is 6. The van der Waals surface area contributed by atoms with Crippen molar-refractivity contribution in [1.29, 1.82) is 0 Å². The highest BCUT2D eigenvalue weighted by Gasteiger charge is 2.13. The van der Waals surface area contributed by atoms with E-state index in [9.17, 15) is 9.90 Å². The number of hydrogen-bond donors (Lipinski definition) is 1. The van der Waals surface area contributed by atoms with Crippen molar-refractivity contribution in [3.05, 3.63) is 76.5 Å². The third-order valence-corrected chi connectivity index (χ3v) is 5.95. The number of benzene rings is 3. The van der Waals surface area contributed by atoms with E-state index in [-0.39, 0.29) is 16.6 Å². The first kappa shape index (κ1) is 23.6. The molecule has 1 heterocycles. The van der Waals surface area contributed by atoms with E-state index < -0.39 is 0 Å². The average molecular weight is 462 g/mol. The van der Waals surface area contributed by atoms with Crippen molar-refractivity contribution < 1.29 is 19.0 Å². The molecular formula is C28H31NO5. The summed E-state index contributed by atoms with van der Waals surface area (Å²) >= 11 is 0. The van der Waals surface area contributed by atoms with Gasteiger partial charge in [0, 0.05) is 18.7 Å². The summed E-state index contributed by atoms with van der Waals surface area (Å²) in [6.45, 7) is 2.51. The predicted molar refractivity (Wildman–Crippen MR) is 135 cm³/mol. The quantitative estimate of drug-likeness (QED) is 0.227. The van der Waals surface area contributed by atoms with E-state index >= 15 is 0 Å². The molecule has 0 fully saturated rings. The van der Waals surface area contributed by atoms with Gasteiger partial charge < -0.3 is 23.9 Å². The highest BCUT2D eigenvalue weighted by atomic mass is 16.5. The zero-order valence-corrected chi connectivity index (χ0v) is 19.8. The molecule has 0 unspecified atom stereocenters. The van der Waals surface area contributed by atoms with Crippen LogP contribution in [-0.4, -0.2) is 37.3 Å². The van der Waals surface area contributed by atoms with Crippen molar-refractivity contribution in [3.63, 3.8) is 0 Å². The lowest BCUT2D eigenvalue weighted by molar-refractivity contribution is 0.293. The normalized spacial score (nSPS) is 11.4. The summed E-state index contributed by atoms with van der Waals surface area (Å²) in [5, 5.41) is 11.0. The Labute approximate surface area is 199 Å². The van der Waals surface area contributed by atoms with Crippen LogP contribution in [0.4, 0.5) is 0 Å². The summed E-state index contributed by atoms with van der Waals surface area (Å²) in [4.78, 5) is 15.0. The summed E-state index contributed by atoms with van der Waals surface area (Å²) < 4.78 is 16.9. The molecule has 0 radical (unpaired) electrons. The molecule has 0 bridgehead atoms. The van der Waals surface area contributed by atoms with Crippen LogP contribution in [0.5, 0.6) is 17.2 Å². The van der Waals surface area contributed by atoms with E-state index in [0.717, 1.165) is 44.5 Å². The highest BCUT2D eigenvalue weighted by molar-refractivity contribution is 5.93. The molecule has 0 amide bonds. The van der Waals surface area contributed by atoms with E-state index in [1.807, 2.05) is 18.2 Å². The van der Waals surface area contributed by atoms with Crippen LogP contribution in [0, 0.1) is 0 Å². The summed E-state index contributed by atoms with van der Waals surface area (Å²) in [6.07, 6.45) is 4.24. The maximum atomic E-state index is 12.7. The lowest BCUT2D eigenvalue weighted by atomic mass is 10.1. The second kappa shape index (κ2) is 11.1. The number of nitrogens with zero attached hydrogens (tertiary/aromatic N) is 1. The van der Waals surface area contributed by atoms with Crippen molar-refractivity contribution in [2.75, 3.05) is 27.3 Å². The average Bonchev–Trinajstić information content (AvgIpc) is 2.84. The molecular weight excluding hydrogens is 430 g/mol. The van der Waals surface area contributed by atoms with Gasteiger partial charge in [-0.2, -0.15) is 0 Å². The van der Waals surface area contributed by atoms with E-state index in [1.165, 1.54) is 11.6 Å². The first-order valence-electron chi connectivity index (χ1n) is 11.7. The smallest absolute Gasteiger partial charge is 0.204 e. The van der Waals surface area contributed by atoms with Gasteiger partial charge in [0.15, 0.2) is 0 Å². The molecule has 6 heteroatoms. The molecule has 4 aromatic rings. The zero-order valence-electron chi connectivity index (χ0n) is 19.8. The highest BCUT2D eigenvalue weighted by Crippen LogP contribution is 2.30. The Hall–Kier alpha value is -3.51. The van der Waals surface area contributed by atoms with E-state index in [4.69, 9.17) is 13.9 Å². The van der Waals surface area contributed by atoms with Crippen molar-refractivity contribution in [1.82, 2.24) is 4.90 Å². The molecule has 0 atom stereocenters. The molecule has 0 aliphatic rings. The Kier molecular flexibility index (Phi) is 7.70. The minimum Gasteiger partial charge on any atom is -0.507 e.